The summed E-state index contributed by atoms with van der Waals surface area (Å²) < 4.78 is 0. The van der Waals surface area contributed by atoms with Gasteiger partial charge < -0.3 is 11.1 Å². The average Bonchev–Trinajstić information content (AvgIpc) is 2.67. The number of hydrogen-bond donors (Lipinski definition) is 2. The summed E-state index contributed by atoms with van der Waals surface area (Å²) in [5.74, 6) is -0.185. The molecule has 0 aliphatic carbocycles. The van der Waals surface area contributed by atoms with Crippen molar-refractivity contribution in [1.29, 1.82) is 0 Å². The molecule has 3 rings (SSSR count). The van der Waals surface area contributed by atoms with Gasteiger partial charge in [0.2, 0.25) is 0 Å². The maximum Gasteiger partial charge on any atom is 0.251 e. The number of halogens is 2. The third-order valence-corrected chi connectivity index (χ3v) is 4.67. The zero-order valence-corrected chi connectivity index (χ0v) is 15.4. The van der Waals surface area contributed by atoms with Crippen molar-refractivity contribution in [2.24, 2.45) is 5.73 Å². The largest absolute Gasteiger partial charge is 0.343 e. The summed E-state index contributed by atoms with van der Waals surface area (Å²) >= 11 is 12.0. The van der Waals surface area contributed by atoms with Crippen molar-refractivity contribution in [1.82, 2.24) is 5.32 Å². The number of amides is 1. The first-order valence-corrected chi connectivity index (χ1v) is 8.92. The Bertz CT molecular complexity index is 865. The SMILES string of the molecule is N[C@@H](c1ccc(Cl)cc1)[C@H](NC(=O)c1ccccc1)c1ccc(Cl)cc1. The van der Waals surface area contributed by atoms with Crippen molar-refractivity contribution in [2.75, 3.05) is 0 Å². The Hall–Kier alpha value is -2.33. The van der Waals surface area contributed by atoms with Crippen molar-refractivity contribution in [3.8, 4) is 0 Å². The molecule has 0 radical (unpaired) electrons. The molecule has 0 fully saturated rings. The van der Waals surface area contributed by atoms with Gasteiger partial charge in [0.05, 0.1) is 12.1 Å². The summed E-state index contributed by atoms with van der Waals surface area (Å²) in [7, 11) is 0. The molecule has 1 amide bonds. The predicted molar refractivity (Wildman–Crippen MR) is 106 cm³/mol. The van der Waals surface area contributed by atoms with Gasteiger partial charge in [-0.1, -0.05) is 65.7 Å². The van der Waals surface area contributed by atoms with Crippen LogP contribution in [0.25, 0.3) is 0 Å². The van der Waals surface area contributed by atoms with Crippen LogP contribution >= 0.6 is 23.2 Å². The van der Waals surface area contributed by atoms with E-state index in [-0.39, 0.29) is 5.91 Å². The Kier molecular flexibility index (Phi) is 5.94. The smallest absolute Gasteiger partial charge is 0.251 e. The second-order valence-corrected chi connectivity index (χ2v) is 6.82. The van der Waals surface area contributed by atoms with E-state index in [9.17, 15) is 4.79 Å². The van der Waals surface area contributed by atoms with Crippen LogP contribution in [0.4, 0.5) is 0 Å². The highest BCUT2D eigenvalue weighted by Crippen LogP contribution is 2.29. The molecule has 0 aliphatic rings. The van der Waals surface area contributed by atoms with Crippen molar-refractivity contribution in [3.05, 3.63) is 106 Å². The zero-order chi connectivity index (χ0) is 18.5. The first-order chi connectivity index (χ1) is 12.5. The van der Waals surface area contributed by atoms with Crippen molar-refractivity contribution >= 4 is 29.1 Å². The Morgan fingerprint density at radius 2 is 1.27 bits per heavy atom. The maximum atomic E-state index is 12.7. The number of carbonyl (C=O) groups is 1. The number of hydrogen-bond acceptors (Lipinski definition) is 2. The number of carbonyl (C=O) groups excluding carboxylic acids is 1. The van der Waals surface area contributed by atoms with Crippen molar-refractivity contribution in [3.63, 3.8) is 0 Å². The number of nitrogens with two attached hydrogens (primary N) is 1. The number of benzene rings is 3. The van der Waals surface area contributed by atoms with Crippen LogP contribution in [0.1, 0.15) is 33.6 Å². The van der Waals surface area contributed by atoms with Gasteiger partial charge in [0.15, 0.2) is 0 Å². The van der Waals surface area contributed by atoms with E-state index < -0.39 is 12.1 Å². The van der Waals surface area contributed by atoms with Gasteiger partial charge in [-0.3, -0.25) is 4.79 Å². The Balaban J connectivity index is 1.92. The van der Waals surface area contributed by atoms with E-state index in [0.717, 1.165) is 11.1 Å². The summed E-state index contributed by atoms with van der Waals surface area (Å²) in [6.45, 7) is 0. The Labute approximate surface area is 162 Å². The molecule has 5 heteroatoms. The van der Waals surface area contributed by atoms with Crippen LogP contribution < -0.4 is 11.1 Å². The first-order valence-electron chi connectivity index (χ1n) is 8.17. The van der Waals surface area contributed by atoms with Gasteiger partial charge in [0.1, 0.15) is 0 Å². The van der Waals surface area contributed by atoms with Crippen LogP contribution in [0, 0.1) is 0 Å². The normalized spacial score (nSPS) is 13.0. The van der Waals surface area contributed by atoms with Crippen LogP contribution in [-0.2, 0) is 0 Å². The fourth-order valence-corrected chi connectivity index (χ4v) is 2.99. The molecular weight excluding hydrogens is 367 g/mol. The molecule has 3 aromatic carbocycles. The minimum Gasteiger partial charge on any atom is -0.343 e. The molecule has 0 heterocycles. The molecule has 2 atom stereocenters. The standard InChI is InChI=1S/C21H18Cl2N2O/c22-17-10-6-14(7-11-17)19(24)20(15-8-12-18(23)13-9-15)25-21(26)16-4-2-1-3-5-16/h1-13,19-20H,24H2,(H,25,26)/t19-,20+/m0/s1. The van der Waals surface area contributed by atoms with E-state index in [4.69, 9.17) is 28.9 Å². The second-order valence-electron chi connectivity index (χ2n) is 5.95. The Morgan fingerprint density at radius 1 is 0.769 bits per heavy atom. The van der Waals surface area contributed by atoms with Gasteiger partial charge in [0, 0.05) is 15.6 Å². The summed E-state index contributed by atoms with van der Waals surface area (Å²) in [5.41, 5.74) is 8.83. The van der Waals surface area contributed by atoms with Gasteiger partial charge in [-0.05, 0) is 47.5 Å². The average molecular weight is 385 g/mol. The topological polar surface area (TPSA) is 55.1 Å². The van der Waals surface area contributed by atoms with Gasteiger partial charge in [-0.25, -0.2) is 0 Å². The first kappa shape index (κ1) is 18.5. The van der Waals surface area contributed by atoms with Crippen LogP contribution in [0.5, 0.6) is 0 Å². The fourth-order valence-electron chi connectivity index (χ4n) is 2.74. The molecule has 0 saturated heterocycles. The molecule has 132 valence electrons. The lowest BCUT2D eigenvalue weighted by Crippen LogP contribution is -2.36. The van der Waals surface area contributed by atoms with Crippen LogP contribution in [0.15, 0.2) is 78.9 Å². The summed E-state index contributed by atoms with van der Waals surface area (Å²) in [4.78, 5) is 12.7. The lowest BCUT2D eigenvalue weighted by Gasteiger charge is -2.26. The molecular formula is C21H18Cl2N2O. The van der Waals surface area contributed by atoms with E-state index in [1.165, 1.54) is 0 Å². The lowest BCUT2D eigenvalue weighted by molar-refractivity contribution is 0.0930. The van der Waals surface area contributed by atoms with Gasteiger partial charge >= 0.3 is 0 Å². The summed E-state index contributed by atoms with van der Waals surface area (Å²) in [6, 6.07) is 22.8. The molecule has 0 aromatic heterocycles. The summed E-state index contributed by atoms with van der Waals surface area (Å²) in [5, 5.41) is 4.31. The molecule has 0 saturated carbocycles. The molecule has 3 aromatic rings. The molecule has 0 bridgehead atoms. The minimum absolute atomic E-state index is 0.185. The Morgan fingerprint density at radius 3 is 1.81 bits per heavy atom. The quantitative estimate of drug-likeness (QED) is 0.637. The number of nitrogens with one attached hydrogen (secondary N) is 1. The number of rotatable bonds is 5. The predicted octanol–water partition coefficient (Wildman–Crippen LogP) is 5.16. The molecule has 3 N–H and O–H groups in total. The lowest BCUT2D eigenvalue weighted by atomic mass is 9.93. The van der Waals surface area contributed by atoms with Gasteiger partial charge in [-0.2, -0.15) is 0 Å². The monoisotopic (exact) mass is 384 g/mol. The highest BCUT2D eigenvalue weighted by Gasteiger charge is 2.24. The molecule has 0 spiro atoms. The van der Waals surface area contributed by atoms with E-state index >= 15 is 0 Å². The fraction of sp³-hybridized carbons (Fsp3) is 0.0952. The van der Waals surface area contributed by atoms with Gasteiger partial charge in [-0.15, -0.1) is 0 Å². The van der Waals surface area contributed by atoms with E-state index in [1.54, 1.807) is 36.4 Å². The second kappa shape index (κ2) is 8.37. The molecule has 0 aliphatic heterocycles. The van der Waals surface area contributed by atoms with E-state index in [1.807, 2.05) is 42.5 Å². The van der Waals surface area contributed by atoms with Crippen LogP contribution in [0.2, 0.25) is 10.0 Å². The molecule has 0 unspecified atom stereocenters. The molecule has 26 heavy (non-hydrogen) atoms. The highest BCUT2D eigenvalue weighted by atomic mass is 35.5. The van der Waals surface area contributed by atoms with E-state index in [0.29, 0.717) is 15.6 Å². The van der Waals surface area contributed by atoms with Gasteiger partial charge in [0.25, 0.3) is 5.91 Å². The zero-order valence-electron chi connectivity index (χ0n) is 13.9. The van der Waals surface area contributed by atoms with E-state index in [2.05, 4.69) is 5.32 Å². The third kappa shape index (κ3) is 4.44. The van der Waals surface area contributed by atoms with Crippen molar-refractivity contribution in [2.45, 2.75) is 12.1 Å². The molecule has 3 nitrogen and oxygen atoms in total. The maximum absolute atomic E-state index is 12.7. The van der Waals surface area contributed by atoms with Crippen molar-refractivity contribution < 1.29 is 4.79 Å². The van der Waals surface area contributed by atoms with Crippen LogP contribution in [-0.4, -0.2) is 5.91 Å². The minimum atomic E-state index is -0.443. The highest BCUT2D eigenvalue weighted by molar-refractivity contribution is 6.30. The van der Waals surface area contributed by atoms with Crippen LogP contribution in [0.3, 0.4) is 0 Å². The summed E-state index contributed by atoms with van der Waals surface area (Å²) in [6.07, 6.45) is 0. The third-order valence-electron chi connectivity index (χ3n) is 4.17.